The number of hydrogen-bond acceptors (Lipinski definition) is 3. The summed E-state index contributed by atoms with van der Waals surface area (Å²) in [5, 5.41) is 0.998. The van der Waals surface area contributed by atoms with E-state index in [1.165, 1.54) is 0 Å². The molecule has 0 radical (unpaired) electrons. The summed E-state index contributed by atoms with van der Waals surface area (Å²) in [6.45, 7) is 1.88. The number of hydrogen-bond donors (Lipinski definition) is 1. The van der Waals surface area contributed by atoms with Crippen molar-refractivity contribution in [1.29, 1.82) is 0 Å². The van der Waals surface area contributed by atoms with E-state index in [-0.39, 0.29) is 0 Å². The Morgan fingerprint density at radius 3 is 2.47 bits per heavy atom. The van der Waals surface area contributed by atoms with E-state index in [2.05, 4.69) is 4.98 Å². The molecule has 0 bridgehead atoms. The van der Waals surface area contributed by atoms with Crippen LogP contribution in [0.4, 0.5) is 5.69 Å². The van der Waals surface area contributed by atoms with E-state index in [0.29, 0.717) is 27.4 Å². The van der Waals surface area contributed by atoms with Gasteiger partial charge in [-0.15, -0.1) is 0 Å². The summed E-state index contributed by atoms with van der Waals surface area (Å²) < 4.78 is 5.55. The van der Waals surface area contributed by atoms with Gasteiger partial charge in [-0.2, -0.15) is 0 Å². The topological polar surface area (TPSA) is 48.1 Å². The quantitative estimate of drug-likeness (QED) is 0.893. The average molecular weight is 269 g/mol. The van der Waals surface area contributed by atoms with Gasteiger partial charge in [0.05, 0.1) is 5.69 Å². The third-order valence-corrected chi connectivity index (χ3v) is 2.66. The molecule has 0 aliphatic heterocycles. The lowest BCUT2D eigenvalue weighted by Crippen LogP contribution is -1.97. The minimum absolute atomic E-state index is 0.350. The van der Waals surface area contributed by atoms with E-state index in [0.717, 1.165) is 5.56 Å². The number of ether oxygens (including phenoxy) is 1. The van der Waals surface area contributed by atoms with Crippen LogP contribution in [0.2, 0.25) is 10.0 Å². The van der Waals surface area contributed by atoms with Gasteiger partial charge in [-0.1, -0.05) is 23.2 Å². The van der Waals surface area contributed by atoms with Crippen LogP contribution in [-0.2, 0) is 0 Å². The number of pyridine rings is 1. The second kappa shape index (κ2) is 4.82. The smallest absolute Gasteiger partial charge is 0.242 e. The first-order valence-corrected chi connectivity index (χ1v) is 5.67. The number of nitrogens with zero attached hydrogens (tertiary/aromatic N) is 1. The maximum absolute atomic E-state index is 5.87. The highest BCUT2D eigenvalue weighted by Gasteiger charge is 2.07. The minimum atomic E-state index is 0.350. The van der Waals surface area contributed by atoms with Gasteiger partial charge in [-0.05, 0) is 36.8 Å². The maximum Gasteiger partial charge on any atom is 0.242 e. The molecular weight excluding hydrogens is 259 g/mol. The summed E-state index contributed by atoms with van der Waals surface area (Å²) in [5.74, 6) is 0.857. The first-order chi connectivity index (χ1) is 8.06. The molecule has 0 atom stereocenters. The lowest BCUT2D eigenvalue weighted by molar-refractivity contribution is 0.465. The number of rotatable bonds is 2. The largest absolute Gasteiger partial charge is 0.437 e. The molecule has 0 saturated heterocycles. The summed E-state index contributed by atoms with van der Waals surface area (Å²) in [6.07, 6.45) is 1.63. The van der Waals surface area contributed by atoms with Crippen LogP contribution in [0.15, 0.2) is 30.5 Å². The Bertz CT molecular complexity index is 538. The molecule has 2 N–H and O–H groups in total. The van der Waals surface area contributed by atoms with Gasteiger partial charge in [0.2, 0.25) is 5.88 Å². The van der Waals surface area contributed by atoms with Crippen molar-refractivity contribution in [1.82, 2.24) is 4.98 Å². The summed E-state index contributed by atoms with van der Waals surface area (Å²) in [4.78, 5) is 4.06. The first kappa shape index (κ1) is 12.0. The third kappa shape index (κ3) is 2.81. The van der Waals surface area contributed by atoms with Crippen molar-refractivity contribution in [3.63, 3.8) is 0 Å². The highest BCUT2D eigenvalue weighted by Crippen LogP contribution is 2.30. The molecule has 88 valence electrons. The summed E-state index contributed by atoms with van der Waals surface area (Å²) in [6, 6.07) is 6.74. The van der Waals surface area contributed by atoms with Crippen LogP contribution in [0.5, 0.6) is 11.6 Å². The highest BCUT2D eigenvalue weighted by atomic mass is 35.5. The van der Waals surface area contributed by atoms with E-state index in [1.807, 2.05) is 13.0 Å². The zero-order valence-corrected chi connectivity index (χ0v) is 10.6. The Labute approximate surface area is 109 Å². The van der Waals surface area contributed by atoms with Crippen molar-refractivity contribution in [2.75, 3.05) is 5.73 Å². The Kier molecular flexibility index (Phi) is 3.41. The molecule has 1 aromatic carbocycles. The molecule has 0 amide bonds. The van der Waals surface area contributed by atoms with Gasteiger partial charge < -0.3 is 10.5 Å². The fourth-order valence-electron chi connectivity index (χ4n) is 1.33. The van der Waals surface area contributed by atoms with Gasteiger partial charge in [0.25, 0.3) is 0 Å². The number of halogens is 2. The summed E-state index contributed by atoms with van der Waals surface area (Å²) in [5.41, 5.74) is 7.26. The van der Waals surface area contributed by atoms with Crippen molar-refractivity contribution < 1.29 is 4.74 Å². The maximum atomic E-state index is 5.87. The summed E-state index contributed by atoms with van der Waals surface area (Å²) >= 11 is 11.7. The molecule has 3 nitrogen and oxygen atoms in total. The second-order valence-corrected chi connectivity index (χ2v) is 4.43. The standard InChI is InChI=1S/C12H10Cl2N2O/c1-7-2-3-16-12(11(7)15)17-10-5-8(13)4-9(14)6-10/h2-6H,15H2,1H3. The molecule has 1 aromatic heterocycles. The predicted octanol–water partition coefficient (Wildman–Crippen LogP) is 4.07. The molecule has 0 aliphatic rings. The van der Waals surface area contributed by atoms with Gasteiger partial charge in [0, 0.05) is 16.2 Å². The molecule has 0 aliphatic carbocycles. The van der Waals surface area contributed by atoms with Crippen molar-refractivity contribution in [2.24, 2.45) is 0 Å². The molecule has 0 spiro atoms. The van der Waals surface area contributed by atoms with Gasteiger partial charge in [0.1, 0.15) is 5.75 Å². The molecule has 5 heteroatoms. The van der Waals surface area contributed by atoms with Crippen LogP contribution >= 0.6 is 23.2 Å². The highest BCUT2D eigenvalue weighted by molar-refractivity contribution is 6.34. The molecule has 17 heavy (non-hydrogen) atoms. The molecule has 2 aromatic rings. The molecule has 2 rings (SSSR count). The van der Waals surface area contributed by atoms with Crippen LogP contribution in [0.25, 0.3) is 0 Å². The van der Waals surface area contributed by atoms with Gasteiger partial charge in [-0.3, -0.25) is 0 Å². The first-order valence-electron chi connectivity index (χ1n) is 4.91. The summed E-state index contributed by atoms with van der Waals surface area (Å²) in [7, 11) is 0. The Morgan fingerprint density at radius 1 is 1.18 bits per heavy atom. The Balaban J connectivity index is 2.34. The van der Waals surface area contributed by atoms with E-state index >= 15 is 0 Å². The van der Waals surface area contributed by atoms with Crippen molar-refractivity contribution in [3.8, 4) is 11.6 Å². The van der Waals surface area contributed by atoms with Gasteiger partial charge in [-0.25, -0.2) is 4.98 Å². The average Bonchev–Trinajstić information content (AvgIpc) is 2.23. The molecular formula is C12H10Cl2N2O. The lowest BCUT2D eigenvalue weighted by Gasteiger charge is -2.09. The second-order valence-electron chi connectivity index (χ2n) is 3.55. The van der Waals surface area contributed by atoms with E-state index in [4.69, 9.17) is 33.7 Å². The molecule has 1 heterocycles. The van der Waals surface area contributed by atoms with Crippen LogP contribution in [-0.4, -0.2) is 4.98 Å². The van der Waals surface area contributed by atoms with Gasteiger partial charge in [0.15, 0.2) is 0 Å². The molecule has 0 fully saturated rings. The Morgan fingerprint density at radius 2 is 1.82 bits per heavy atom. The number of nitrogens with two attached hydrogens (primary N) is 1. The van der Waals surface area contributed by atoms with E-state index in [9.17, 15) is 0 Å². The monoisotopic (exact) mass is 268 g/mol. The number of nitrogen functional groups attached to an aromatic ring is 1. The Hall–Kier alpha value is -1.45. The lowest BCUT2D eigenvalue weighted by atomic mass is 10.2. The van der Waals surface area contributed by atoms with Crippen LogP contribution in [0.1, 0.15) is 5.56 Å². The molecule has 0 saturated carbocycles. The van der Waals surface area contributed by atoms with Crippen LogP contribution in [0, 0.1) is 6.92 Å². The number of benzene rings is 1. The fraction of sp³-hybridized carbons (Fsp3) is 0.0833. The van der Waals surface area contributed by atoms with Crippen LogP contribution < -0.4 is 10.5 Å². The number of anilines is 1. The minimum Gasteiger partial charge on any atom is -0.437 e. The fourth-order valence-corrected chi connectivity index (χ4v) is 1.83. The SMILES string of the molecule is Cc1ccnc(Oc2cc(Cl)cc(Cl)c2)c1N. The molecule has 0 unspecified atom stereocenters. The normalized spacial score (nSPS) is 10.3. The van der Waals surface area contributed by atoms with Crippen LogP contribution in [0.3, 0.4) is 0 Å². The third-order valence-electron chi connectivity index (χ3n) is 2.22. The number of aromatic nitrogens is 1. The van der Waals surface area contributed by atoms with E-state index < -0.39 is 0 Å². The number of aryl methyl sites for hydroxylation is 1. The predicted molar refractivity (Wildman–Crippen MR) is 69.9 cm³/mol. The zero-order chi connectivity index (χ0) is 12.4. The van der Waals surface area contributed by atoms with Crippen molar-refractivity contribution in [3.05, 3.63) is 46.1 Å². The van der Waals surface area contributed by atoms with Crippen molar-refractivity contribution >= 4 is 28.9 Å². The van der Waals surface area contributed by atoms with Crippen molar-refractivity contribution in [2.45, 2.75) is 6.92 Å². The van der Waals surface area contributed by atoms with Gasteiger partial charge >= 0.3 is 0 Å². The zero-order valence-electron chi connectivity index (χ0n) is 9.08. The van der Waals surface area contributed by atoms with E-state index in [1.54, 1.807) is 24.4 Å².